The summed E-state index contributed by atoms with van der Waals surface area (Å²) in [6.07, 6.45) is -2.23. The average molecular weight is 402 g/mol. The van der Waals surface area contributed by atoms with Crippen LogP contribution in [0, 0.1) is 0 Å². The van der Waals surface area contributed by atoms with Crippen molar-refractivity contribution in [3.63, 3.8) is 0 Å². The molecule has 0 bridgehead atoms. The van der Waals surface area contributed by atoms with Gasteiger partial charge in [-0.3, -0.25) is 4.79 Å². The molecule has 0 aliphatic heterocycles. The summed E-state index contributed by atoms with van der Waals surface area (Å²) >= 11 is 1.60. The van der Waals surface area contributed by atoms with Crippen LogP contribution in [0.2, 0.25) is 0 Å². The number of carboxylic acid groups (broad SMARTS) is 3. The highest BCUT2D eigenvalue weighted by atomic mass is 32.2. The number of aliphatic carboxylic acids is 3. The van der Waals surface area contributed by atoms with E-state index in [0.29, 0.717) is 6.42 Å². The van der Waals surface area contributed by atoms with Gasteiger partial charge in [0, 0.05) is 0 Å². The SMILES string of the molecule is CSCCC(N)C(=O)O.C[N+](C)(C)CCO.O=C([O-])C(O)C(O)C(=O)O. The van der Waals surface area contributed by atoms with Crippen molar-refractivity contribution in [2.45, 2.75) is 24.7 Å². The molecule has 0 spiro atoms. The molecule has 12 heteroatoms. The fourth-order valence-corrected chi connectivity index (χ4v) is 1.42. The van der Waals surface area contributed by atoms with Gasteiger partial charge in [-0.2, -0.15) is 11.8 Å². The van der Waals surface area contributed by atoms with Crippen LogP contribution in [0.15, 0.2) is 0 Å². The summed E-state index contributed by atoms with van der Waals surface area (Å²) in [7, 11) is 6.16. The normalized spacial score (nSPS) is 13.8. The van der Waals surface area contributed by atoms with Gasteiger partial charge in [-0.1, -0.05) is 0 Å². The molecule has 0 aromatic rings. The number of hydrogen-bond acceptors (Lipinski definition) is 9. The van der Waals surface area contributed by atoms with Crippen LogP contribution in [-0.4, -0.2) is 112 Å². The molecule has 0 aromatic heterocycles. The smallest absolute Gasteiger partial charge is 0.335 e. The van der Waals surface area contributed by atoms with Gasteiger partial charge in [0.05, 0.1) is 33.7 Å². The lowest BCUT2D eigenvalue weighted by Crippen LogP contribution is -2.46. The number of aliphatic hydroxyl groups excluding tert-OH is 3. The maximum Gasteiger partial charge on any atom is 0.335 e. The minimum absolute atomic E-state index is 0.281. The lowest BCUT2D eigenvalue weighted by molar-refractivity contribution is -0.870. The highest BCUT2D eigenvalue weighted by Crippen LogP contribution is 1.97. The Hall–Kier alpha value is -1.44. The summed E-state index contributed by atoms with van der Waals surface area (Å²) in [6, 6.07) is -0.683. The van der Waals surface area contributed by atoms with E-state index in [1.54, 1.807) is 11.8 Å². The highest BCUT2D eigenvalue weighted by molar-refractivity contribution is 7.98. The summed E-state index contributed by atoms with van der Waals surface area (Å²) in [5, 5.41) is 50.8. The molecule has 0 fully saturated rings. The number of carbonyl (C=O) groups is 3. The fourth-order valence-electron chi connectivity index (χ4n) is 0.932. The van der Waals surface area contributed by atoms with E-state index in [4.69, 9.17) is 31.3 Å². The lowest BCUT2D eigenvalue weighted by Gasteiger charge is -2.21. The van der Waals surface area contributed by atoms with Gasteiger partial charge in [-0.15, -0.1) is 0 Å². The quantitative estimate of drug-likeness (QED) is 0.208. The second kappa shape index (κ2) is 15.8. The Kier molecular flexibility index (Phi) is 17.8. The Bertz CT molecular complexity index is 398. The molecule has 11 nitrogen and oxygen atoms in total. The van der Waals surface area contributed by atoms with Crippen molar-refractivity contribution in [1.82, 2.24) is 0 Å². The lowest BCUT2D eigenvalue weighted by atomic mass is 10.2. The number of likely N-dealkylation sites (N-methyl/N-ethyl adjacent to an activating group) is 1. The van der Waals surface area contributed by atoms with Crippen molar-refractivity contribution in [3.8, 4) is 0 Å². The van der Waals surface area contributed by atoms with Crippen molar-refractivity contribution in [1.29, 1.82) is 0 Å². The maximum absolute atomic E-state index is 10.1. The Labute approximate surface area is 156 Å². The summed E-state index contributed by atoms with van der Waals surface area (Å²) in [5.41, 5.74) is 5.19. The van der Waals surface area contributed by atoms with Gasteiger partial charge in [0.2, 0.25) is 0 Å². The zero-order valence-electron chi connectivity index (χ0n) is 15.4. The molecular weight excluding hydrogens is 372 g/mol. The van der Waals surface area contributed by atoms with Gasteiger partial charge >= 0.3 is 11.9 Å². The first-order valence-corrected chi connectivity index (χ1v) is 8.79. The van der Waals surface area contributed by atoms with Crippen LogP contribution in [-0.2, 0) is 14.4 Å². The van der Waals surface area contributed by atoms with Crippen LogP contribution >= 0.6 is 11.8 Å². The molecule has 26 heavy (non-hydrogen) atoms. The molecule has 0 heterocycles. The first-order valence-electron chi connectivity index (χ1n) is 7.39. The van der Waals surface area contributed by atoms with E-state index < -0.39 is 36.2 Å². The zero-order chi connectivity index (χ0) is 21.5. The Morgan fingerprint density at radius 1 is 1.08 bits per heavy atom. The minimum atomic E-state index is -2.38. The third kappa shape index (κ3) is 20.6. The molecule has 3 unspecified atom stereocenters. The van der Waals surface area contributed by atoms with Gasteiger partial charge in [-0.05, 0) is 18.4 Å². The molecule has 156 valence electrons. The average Bonchev–Trinajstić information content (AvgIpc) is 2.50. The highest BCUT2D eigenvalue weighted by Gasteiger charge is 2.23. The number of rotatable bonds is 9. The van der Waals surface area contributed by atoms with E-state index in [1.165, 1.54) is 0 Å². The molecule has 7 N–H and O–H groups in total. The van der Waals surface area contributed by atoms with Crippen LogP contribution in [0.1, 0.15) is 6.42 Å². The van der Waals surface area contributed by atoms with Gasteiger partial charge in [0.15, 0.2) is 6.10 Å². The maximum atomic E-state index is 10.1. The largest absolute Gasteiger partial charge is 0.547 e. The molecule has 0 saturated heterocycles. The number of hydrogen-bond donors (Lipinski definition) is 6. The van der Waals surface area contributed by atoms with Crippen molar-refractivity contribution in [2.24, 2.45) is 5.73 Å². The molecular formula is C14H30N2O9S. The number of carboxylic acids is 3. The van der Waals surface area contributed by atoms with Crippen molar-refractivity contribution < 1.29 is 49.5 Å². The third-order valence-corrected chi connectivity index (χ3v) is 3.16. The summed E-state index contributed by atoms with van der Waals surface area (Å²) in [4.78, 5) is 29.5. The standard InChI is InChI=1S/C5H11NO2S.C5H14NO.C4H6O6/c1-9-3-2-4(6)5(7)8;1-6(2,3)4-5-7;5-1(3(7)8)2(6)4(9)10/h4H,2-3,6H2,1H3,(H,7,8);7H,4-5H2,1-3H3;1-2,5-6H,(H,7,8)(H,9,10)/q;+1;/p-1. The first kappa shape index (κ1) is 29.3. The third-order valence-electron chi connectivity index (χ3n) is 2.51. The monoisotopic (exact) mass is 402 g/mol. The van der Waals surface area contributed by atoms with Crippen molar-refractivity contribution >= 4 is 29.7 Å². The number of nitrogens with two attached hydrogens (primary N) is 1. The molecule has 0 amide bonds. The molecule has 0 rings (SSSR count). The molecule has 0 saturated carbocycles. The van der Waals surface area contributed by atoms with Crippen LogP contribution in [0.3, 0.4) is 0 Å². The predicted octanol–water partition coefficient (Wildman–Crippen LogP) is -3.62. The number of nitrogens with zero attached hydrogens (tertiary/aromatic N) is 1. The van der Waals surface area contributed by atoms with Crippen molar-refractivity contribution in [2.75, 3.05) is 46.3 Å². The molecule has 0 aliphatic carbocycles. The molecule has 0 radical (unpaired) electrons. The number of carbonyl (C=O) groups excluding carboxylic acids is 1. The Balaban J connectivity index is -0.000000310. The van der Waals surface area contributed by atoms with Gasteiger partial charge < -0.3 is 45.7 Å². The number of aliphatic hydroxyl groups is 3. The summed E-state index contributed by atoms with van der Waals surface area (Å²) in [5.74, 6) is -3.93. The zero-order valence-corrected chi connectivity index (χ0v) is 16.2. The van der Waals surface area contributed by atoms with Crippen LogP contribution in [0.4, 0.5) is 0 Å². The second-order valence-corrected chi connectivity index (χ2v) is 7.00. The second-order valence-electron chi connectivity index (χ2n) is 6.01. The molecule has 0 aromatic carbocycles. The first-order chi connectivity index (χ1) is 11.7. The van der Waals surface area contributed by atoms with Gasteiger partial charge in [0.1, 0.15) is 18.7 Å². The Morgan fingerprint density at radius 3 is 1.69 bits per heavy atom. The van der Waals surface area contributed by atoms with Crippen LogP contribution in [0.25, 0.3) is 0 Å². The van der Waals surface area contributed by atoms with Crippen LogP contribution < -0.4 is 10.8 Å². The summed E-state index contributed by atoms with van der Waals surface area (Å²) in [6.45, 7) is 1.11. The topological polar surface area (TPSA) is 201 Å². The molecule has 3 atom stereocenters. The number of quaternary nitrogens is 1. The van der Waals surface area contributed by atoms with Gasteiger partial charge in [-0.25, -0.2) is 4.79 Å². The van der Waals surface area contributed by atoms with E-state index in [9.17, 15) is 19.5 Å². The number of thioether (sulfide) groups is 1. The Morgan fingerprint density at radius 2 is 1.54 bits per heavy atom. The predicted molar refractivity (Wildman–Crippen MR) is 93.3 cm³/mol. The minimum Gasteiger partial charge on any atom is -0.547 e. The molecule has 0 aliphatic rings. The van der Waals surface area contributed by atoms with Gasteiger partial charge in [0.25, 0.3) is 0 Å². The fraction of sp³-hybridized carbons (Fsp3) is 0.786. The van der Waals surface area contributed by atoms with Crippen LogP contribution in [0.5, 0.6) is 0 Å². The van der Waals surface area contributed by atoms with Crippen molar-refractivity contribution in [3.05, 3.63) is 0 Å². The van der Waals surface area contributed by atoms with E-state index in [0.717, 1.165) is 16.8 Å². The van der Waals surface area contributed by atoms with E-state index in [2.05, 4.69) is 21.1 Å². The van der Waals surface area contributed by atoms with E-state index in [-0.39, 0.29) is 6.61 Å². The summed E-state index contributed by atoms with van der Waals surface area (Å²) < 4.78 is 0.844. The van der Waals surface area contributed by atoms with E-state index in [1.807, 2.05) is 6.26 Å². The van der Waals surface area contributed by atoms with E-state index >= 15 is 0 Å².